The summed E-state index contributed by atoms with van der Waals surface area (Å²) in [5.41, 5.74) is 2.17. The highest BCUT2D eigenvalue weighted by Crippen LogP contribution is 2.20. The van der Waals surface area contributed by atoms with Crippen molar-refractivity contribution in [1.29, 1.82) is 0 Å². The Morgan fingerprint density at radius 3 is 2.48 bits per heavy atom. The molecule has 1 aromatic carbocycles. The first-order valence-corrected chi connectivity index (χ1v) is 9.88. The largest absolute Gasteiger partial charge is 0.490 e. The van der Waals surface area contributed by atoms with Gasteiger partial charge in [-0.25, -0.2) is 4.79 Å². The van der Waals surface area contributed by atoms with Crippen molar-refractivity contribution in [2.75, 3.05) is 13.1 Å². The number of amides is 1. The maximum Gasteiger partial charge on any atom is 0.490 e. The van der Waals surface area contributed by atoms with Crippen LogP contribution in [0.3, 0.4) is 0 Å². The third kappa shape index (κ3) is 8.71. The van der Waals surface area contributed by atoms with Crippen LogP contribution in [0.4, 0.5) is 13.2 Å². The van der Waals surface area contributed by atoms with E-state index in [2.05, 4.69) is 44.5 Å². The van der Waals surface area contributed by atoms with Crippen LogP contribution in [0.2, 0.25) is 0 Å². The van der Waals surface area contributed by atoms with E-state index in [9.17, 15) is 18.0 Å². The van der Waals surface area contributed by atoms with Crippen LogP contribution in [0, 0.1) is 0 Å². The Bertz CT molecular complexity index is 820. The van der Waals surface area contributed by atoms with Gasteiger partial charge in [0.1, 0.15) is 0 Å². The molecule has 0 spiro atoms. The van der Waals surface area contributed by atoms with Crippen LogP contribution in [0.5, 0.6) is 0 Å². The van der Waals surface area contributed by atoms with Gasteiger partial charge in [0.2, 0.25) is 5.91 Å². The molecule has 0 radical (unpaired) electrons. The van der Waals surface area contributed by atoms with Gasteiger partial charge in [-0.3, -0.25) is 19.7 Å². The lowest BCUT2D eigenvalue weighted by Crippen LogP contribution is -2.49. The summed E-state index contributed by atoms with van der Waals surface area (Å²) in [6, 6.07) is 10.3. The van der Waals surface area contributed by atoms with Gasteiger partial charge in [0.25, 0.3) is 0 Å². The van der Waals surface area contributed by atoms with E-state index in [1.807, 2.05) is 6.07 Å². The highest BCUT2D eigenvalue weighted by Gasteiger charge is 2.38. The molecule has 31 heavy (non-hydrogen) atoms. The Hall–Kier alpha value is -3.01. The Balaban J connectivity index is 0.000000423. The molecule has 2 heterocycles. The van der Waals surface area contributed by atoms with Gasteiger partial charge in [-0.2, -0.15) is 13.2 Å². The van der Waals surface area contributed by atoms with Gasteiger partial charge in [0, 0.05) is 38.1 Å². The van der Waals surface area contributed by atoms with Gasteiger partial charge in [0.05, 0.1) is 11.7 Å². The van der Waals surface area contributed by atoms with E-state index in [0.717, 1.165) is 38.0 Å². The van der Waals surface area contributed by atoms with Crippen molar-refractivity contribution in [2.45, 2.75) is 44.4 Å². The second kappa shape index (κ2) is 12.0. The number of nitrogens with one attached hydrogen (secondary N) is 1. The minimum Gasteiger partial charge on any atom is -0.475 e. The molecule has 2 aromatic rings. The van der Waals surface area contributed by atoms with Crippen molar-refractivity contribution in [2.24, 2.45) is 0 Å². The first kappa shape index (κ1) is 24.3. The molecule has 0 saturated carbocycles. The third-order valence-electron chi connectivity index (χ3n) is 4.68. The molecule has 2 N–H and O–H groups in total. The van der Waals surface area contributed by atoms with E-state index in [4.69, 9.17) is 9.90 Å². The van der Waals surface area contributed by atoms with Crippen molar-refractivity contribution < 1.29 is 27.9 Å². The number of aliphatic carboxylic acids is 1. The van der Waals surface area contributed by atoms with Gasteiger partial charge < -0.3 is 10.4 Å². The number of nitrogens with zero attached hydrogens (tertiary/aromatic N) is 3. The fourth-order valence-electron chi connectivity index (χ4n) is 3.19. The molecule has 7 nitrogen and oxygen atoms in total. The molecule has 1 aromatic heterocycles. The number of hydrogen-bond donors (Lipinski definition) is 2. The minimum absolute atomic E-state index is 0.0270. The van der Waals surface area contributed by atoms with Gasteiger partial charge >= 0.3 is 12.1 Å². The molecular weight excluding hydrogens is 413 g/mol. The lowest BCUT2D eigenvalue weighted by atomic mass is 10.0. The van der Waals surface area contributed by atoms with Crippen LogP contribution in [0.1, 0.15) is 30.5 Å². The topological polar surface area (TPSA) is 95.4 Å². The number of carbonyl (C=O) groups is 2. The number of alkyl halides is 3. The standard InChI is InChI=1S/C19H24N4O.C2HF3O2/c24-19(22-10-9-17-14-20-11-12-21-17)18-8-4-5-13-23(18)15-16-6-2-1-3-7-16;3-2(4,5)1(6)7/h1-3,6-7,11-12,14,18H,4-5,8-10,13,15H2,(H,22,24);(H,6,7). The van der Waals surface area contributed by atoms with E-state index in [1.165, 1.54) is 5.56 Å². The van der Waals surface area contributed by atoms with Crippen LogP contribution in [0.15, 0.2) is 48.9 Å². The molecule has 1 aliphatic rings. The first-order chi connectivity index (χ1) is 14.8. The number of carboxylic acid groups (broad SMARTS) is 1. The lowest BCUT2D eigenvalue weighted by Gasteiger charge is -2.34. The van der Waals surface area contributed by atoms with Crippen molar-refractivity contribution in [3.8, 4) is 0 Å². The summed E-state index contributed by atoms with van der Waals surface area (Å²) in [5.74, 6) is -2.62. The highest BCUT2D eigenvalue weighted by atomic mass is 19.4. The number of carboxylic acids is 1. The second-order valence-corrected chi connectivity index (χ2v) is 7.01. The van der Waals surface area contributed by atoms with E-state index < -0.39 is 12.1 Å². The number of hydrogen-bond acceptors (Lipinski definition) is 5. The Morgan fingerprint density at radius 2 is 1.87 bits per heavy atom. The summed E-state index contributed by atoms with van der Waals surface area (Å²) in [6.45, 7) is 2.42. The van der Waals surface area contributed by atoms with E-state index in [-0.39, 0.29) is 11.9 Å². The molecule has 0 aliphatic carbocycles. The molecule has 1 unspecified atom stereocenters. The lowest BCUT2D eigenvalue weighted by molar-refractivity contribution is -0.192. The highest BCUT2D eigenvalue weighted by molar-refractivity contribution is 5.81. The Morgan fingerprint density at radius 1 is 1.16 bits per heavy atom. The number of halogens is 3. The number of likely N-dealkylation sites (tertiary alicyclic amines) is 1. The Labute approximate surface area is 178 Å². The fourth-order valence-corrected chi connectivity index (χ4v) is 3.19. The molecule has 1 atom stereocenters. The zero-order valence-electron chi connectivity index (χ0n) is 16.9. The summed E-state index contributed by atoms with van der Waals surface area (Å²) in [5, 5.41) is 10.2. The normalized spacial score (nSPS) is 16.7. The number of piperidine rings is 1. The van der Waals surface area contributed by atoms with Crippen LogP contribution >= 0.6 is 0 Å². The molecule has 0 bridgehead atoms. The Kier molecular flexibility index (Phi) is 9.39. The zero-order valence-corrected chi connectivity index (χ0v) is 16.9. The minimum atomic E-state index is -5.08. The van der Waals surface area contributed by atoms with Crippen LogP contribution in [-0.4, -0.2) is 57.2 Å². The molecule has 1 saturated heterocycles. The smallest absolute Gasteiger partial charge is 0.475 e. The van der Waals surface area contributed by atoms with Crippen molar-refractivity contribution in [3.63, 3.8) is 0 Å². The summed E-state index contributed by atoms with van der Waals surface area (Å²) >= 11 is 0. The zero-order chi connectivity index (χ0) is 22.7. The van der Waals surface area contributed by atoms with E-state index in [0.29, 0.717) is 13.0 Å². The van der Waals surface area contributed by atoms with Crippen molar-refractivity contribution in [3.05, 3.63) is 60.2 Å². The molecule has 168 valence electrons. The molecular formula is C21H25F3N4O3. The van der Waals surface area contributed by atoms with Gasteiger partial charge in [-0.15, -0.1) is 0 Å². The van der Waals surface area contributed by atoms with Crippen LogP contribution in [0.25, 0.3) is 0 Å². The SMILES string of the molecule is O=C(NCCc1cnccn1)C1CCCCN1Cc1ccccc1.O=C(O)C(F)(F)F. The van der Waals surface area contributed by atoms with Crippen molar-refractivity contribution >= 4 is 11.9 Å². The van der Waals surface area contributed by atoms with Crippen molar-refractivity contribution in [1.82, 2.24) is 20.2 Å². The average molecular weight is 438 g/mol. The van der Waals surface area contributed by atoms with Crippen LogP contribution < -0.4 is 5.32 Å². The van der Waals surface area contributed by atoms with Crippen LogP contribution in [-0.2, 0) is 22.6 Å². The summed E-state index contributed by atoms with van der Waals surface area (Å²) in [4.78, 5) is 32.1. The summed E-state index contributed by atoms with van der Waals surface area (Å²) < 4.78 is 31.7. The molecule has 10 heteroatoms. The second-order valence-electron chi connectivity index (χ2n) is 7.01. The third-order valence-corrected chi connectivity index (χ3v) is 4.68. The average Bonchev–Trinajstić information content (AvgIpc) is 2.75. The van der Waals surface area contributed by atoms with E-state index >= 15 is 0 Å². The molecule has 3 rings (SSSR count). The maximum absolute atomic E-state index is 12.6. The quantitative estimate of drug-likeness (QED) is 0.720. The number of rotatable bonds is 6. The van der Waals surface area contributed by atoms with Gasteiger partial charge in [-0.1, -0.05) is 36.8 Å². The first-order valence-electron chi connectivity index (χ1n) is 9.88. The predicted octanol–water partition coefficient (Wildman–Crippen LogP) is 2.82. The van der Waals surface area contributed by atoms with Gasteiger partial charge in [0.15, 0.2) is 0 Å². The summed E-state index contributed by atoms with van der Waals surface area (Å²) in [6.07, 6.45) is 3.93. The molecule has 1 aliphatic heterocycles. The maximum atomic E-state index is 12.6. The predicted molar refractivity (Wildman–Crippen MR) is 107 cm³/mol. The van der Waals surface area contributed by atoms with Gasteiger partial charge in [-0.05, 0) is 24.9 Å². The number of aromatic nitrogens is 2. The van der Waals surface area contributed by atoms with E-state index in [1.54, 1.807) is 18.6 Å². The summed E-state index contributed by atoms with van der Waals surface area (Å²) in [7, 11) is 0. The monoisotopic (exact) mass is 438 g/mol. The number of carbonyl (C=O) groups excluding carboxylic acids is 1. The molecule has 1 amide bonds. The fraction of sp³-hybridized carbons (Fsp3) is 0.429. The number of benzene rings is 1. The molecule has 1 fully saturated rings.